The number of alkyl carbamates (subject to hydrolysis) is 1. The van der Waals surface area contributed by atoms with Gasteiger partial charge in [0.15, 0.2) is 11.4 Å². The average Bonchev–Trinajstić information content (AvgIpc) is 0.671. The molecule has 93 heavy (non-hydrogen) atoms. The maximum absolute atomic E-state index is 15.5. The number of amides is 3. The lowest BCUT2D eigenvalue weighted by Crippen LogP contribution is -2.81. The Hall–Kier alpha value is -9.23. The number of rotatable bonds is 18. The molecule has 2 saturated carbocycles. The van der Waals surface area contributed by atoms with Crippen LogP contribution in [0, 0.1) is 26.9 Å². The number of likely N-dealkylation sites (N-methyl/N-ethyl adjacent to an activating group) is 2. The van der Waals surface area contributed by atoms with E-state index in [0.29, 0.717) is 11.3 Å². The third kappa shape index (κ3) is 13.7. The molecule has 24 heteroatoms. The number of Topliss-reactive ketones (excluding diaryl/α,β-unsaturated/α-hetero) is 1. The highest BCUT2D eigenvalue weighted by Gasteiger charge is 2.78. The van der Waals surface area contributed by atoms with Crippen molar-refractivity contribution < 1.29 is 91.7 Å². The number of ketones is 1. The van der Waals surface area contributed by atoms with Crippen molar-refractivity contribution in [1.82, 2.24) is 15.1 Å². The van der Waals surface area contributed by atoms with Crippen molar-refractivity contribution in [3.63, 3.8) is 0 Å². The van der Waals surface area contributed by atoms with Gasteiger partial charge in [0.05, 0.1) is 34.5 Å². The van der Waals surface area contributed by atoms with Gasteiger partial charge in [0, 0.05) is 58.4 Å². The van der Waals surface area contributed by atoms with Crippen LogP contribution in [0.3, 0.4) is 0 Å². The van der Waals surface area contributed by atoms with E-state index in [4.69, 9.17) is 37.9 Å². The first-order valence-electron chi connectivity index (χ1n) is 30.4. The predicted molar refractivity (Wildman–Crippen MR) is 333 cm³/mol. The topological polar surface area (TPSA) is 316 Å². The number of carbonyl (C=O) groups excluding carboxylic acids is 7. The molecule has 3 fully saturated rings. The van der Waals surface area contributed by atoms with Gasteiger partial charge in [0.1, 0.15) is 53.5 Å². The molecule has 4 N–H and O–H groups in total. The van der Waals surface area contributed by atoms with E-state index in [9.17, 15) is 49.4 Å². The second-order valence-electron chi connectivity index (χ2n) is 25.8. The third-order valence-corrected chi connectivity index (χ3v) is 18.3. The first-order valence-corrected chi connectivity index (χ1v) is 30.4. The highest BCUT2D eigenvalue weighted by molar-refractivity contribution is 5.94. The minimum Gasteiger partial charge on any atom is -0.455 e. The van der Waals surface area contributed by atoms with Gasteiger partial charge in [-0.1, -0.05) is 105 Å². The van der Waals surface area contributed by atoms with Crippen LogP contribution in [0.25, 0.3) is 11.1 Å². The van der Waals surface area contributed by atoms with Crippen LogP contribution >= 0.6 is 0 Å². The molecule has 4 aliphatic rings. The van der Waals surface area contributed by atoms with Gasteiger partial charge in [0.25, 0.3) is 0 Å². The number of nitro groups is 1. The van der Waals surface area contributed by atoms with Crippen molar-refractivity contribution >= 4 is 47.7 Å². The third-order valence-electron chi connectivity index (χ3n) is 18.3. The molecule has 1 saturated heterocycles. The van der Waals surface area contributed by atoms with Crippen LogP contribution in [0.15, 0.2) is 145 Å². The molecule has 2 bridgehead atoms. The molecule has 0 spiro atoms. The van der Waals surface area contributed by atoms with E-state index in [-0.39, 0.29) is 59.8 Å². The smallest absolute Gasteiger partial charge is 0.410 e. The second-order valence-corrected chi connectivity index (χ2v) is 25.8. The summed E-state index contributed by atoms with van der Waals surface area (Å²) in [6.07, 6.45) is -15.6. The number of nitrogens with zero attached hydrogens (tertiary/aromatic N) is 3. The summed E-state index contributed by atoms with van der Waals surface area (Å²) in [5.41, 5.74) is -7.34. The van der Waals surface area contributed by atoms with E-state index < -0.39 is 136 Å². The Morgan fingerprint density at radius 2 is 1.38 bits per heavy atom. The summed E-state index contributed by atoms with van der Waals surface area (Å²) in [7, 11) is 2.71. The number of hydrogen-bond donors (Lipinski definition) is 4. The molecule has 3 amide bonds. The van der Waals surface area contributed by atoms with Crippen molar-refractivity contribution in [2.45, 2.75) is 141 Å². The van der Waals surface area contributed by atoms with Crippen molar-refractivity contribution in [3.8, 4) is 22.6 Å². The quantitative estimate of drug-likeness (QED) is 0.0208. The van der Waals surface area contributed by atoms with Crippen molar-refractivity contribution in [2.24, 2.45) is 16.7 Å². The van der Waals surface area contributed by atoms with Crippen LogP contribution in [0.1, 0.15) is 109 Å². The van der Waals surface area contributed by atoms with Crippen LogP contribution in [-0.4, -0.2) is 159 Å². The zero-order chi connectivity index (χ0) is 67.7. The molecule has 1 heterocycles. The van der Waals surface area contributed by atoms with Crippen LogP contribution in [0.4, 0.5) is 20.1 Å². The summed E-state index contributed by atoms with van der Waals surface area (Å²) in [5, 5.41) is 53.4. The number of carbonyl (C=O) groups is 7. The molecule has 12 atom stereocenters. The van der Waals surface area contributed by atoms with Crippen molar-refractivity contribution in [3.05, 3.63) is 171 Å². The van der Waals surface area contributed by atoms with E-state index in [1.54, 1.807) is 76.2 Å². The Morgan fingerprint density at radius 3 is 1.95 bits per heavy atom. The Labute approximate surface area is 537 Å². The highest BCUT2D eigenvalue weighted by atomic mass is 16.6. The lowest BCUT2D eigenvalue weighted by molar-refractivity contribution is -0.385. The number of nitrogens with one attached hydrogen (secondary N) is 1. The van der Waals surface area contributed by atoms with Gasteiger partial charge in [0.2, 0.25) is 11.9 Å². The average molecular weight is 1280 g/mol. The van der Waals surface area contributed by atoms with E-state index in [2.05, 4.69) is 5.32 Å². The number of aliphatic hydroxyl groups excluding tert-OH is 2. The maximum atomic E-state index is 15.5. The highest BCUT2D eigenvalue weighted by Crippen LogP contribution is 2.64. The number of ether oxygens (including phenoxy) is 8. The maximum Gasteiger partial charge on any atom is 0.410 e. The summed E-state index contributed by atoms with van der Waals surface area (Å²) >= 11 is 0. The molecule has 24 nitrogen and oxygen atoms in total. The molecule has 5 aromatic carbocycles. The second kappa shape index (κ2) is 26.8. The Kier molecular flexibility index (Phi) is 19.6. The number of benzene rings is 5. The van der Waals surface area contributed by atoms with Gasteiger partial charge >= 0.3 is 41.9 Å². The van der Waals surface area contributed by atoms with Gasteiger partial charge in [-0.2, -0.15) is 0 Å². The summed E-state index contributed by atoms with van der Waals surface area (Å²) in [6, 6.07) is 34.7. The fraction of sp³-hybridized carbons (Fsp3) is 0.435. The molecular formula is C69H78N4O20. The molecule has 9 rings (SSSR count). The molecule has 0 aromatic heterocycles. The minimum atomic E-state index is -2.52. The molecule has 494 valence electrons. The van der Waals surface area contributed by atoms with Gasteiger partial charge in [-0.25, -0.2) is 24.0 Å². The minimum absolute atomic E-state index is 0.0155. The number of esters is 3. The number of nitro benzene ring substituents is 1. The summed E-state index contributed by atoms with van der Waals surface area (Å²) in [5.74, 6) is -5.56. The van der Waals surface area contributed by atoms with Crippen LogP contribution in [0.2, 0.25) is 0 Å². The first kappa shape index (κ1) is 68.1. The molecule has 3 aliphatic carbocycles. The van der Waals surface area contributed by atoms with Gasteiger partial charge in [-0.05, 0) is 111 Å². The normalized spacial score (nSPS) is 25.4. The number of aliphatic hydroxyl groups is 3. The zero-order valence-corrected chi connectivity index (χ0v) is 53.6. The van der Waals surface area contributed by atoms with Crippen molar-refractivity contribution in [2.75, 3.05) is 33.8 Å². The van der Waals surface area contributed by atoms with E-state index in [1.807, 2.05) is 42.5 Å². The Bertz CT molecular complexity index is 3670. The van der Waals surface area contributed by atoms with E-state index >= 15 is 9.59 Å². The standard InChI is InChI=1S/C69H78N4O20/c1-39-50(37-69(83)59(91-60(78)45-25-19-14-20-26-45)57-67(9,58(77)55(76)53(39)66(69,7)8)51(75)36-52-68(57,38-86-52)92-41(3)74)89-61(79)56(54(44-23-17-13-18-24-44)70-62(80)93-65(4,5)6)90-64(82)72(11)34-33-71(10)63(81)87-40(2)46-29-32-48(73(84)85)49(35-46)88-47-30-27-43(28-31-47)42-21-15-12-16-22-42/h12-32,35,40,50-52,54-57,59,75-76,83H,33-34,36-38H2,1-11H3,(H,70,80)/t40?,50-,51-,52+,54-,55+,56+,57-,59-,67+,68-,69+/m0/s1. The molecule has 1 aliphatic heterocycles. The summed E-state index contributed by atoms with van der Waals surface area (Å²) in [6.45, 7) is 12.5. The summed E-state index contributed by atoms with van der Waals surface area (Å²) < 4.78 is 48.3. The first-order chi connectivity index (χ1) is 43.8. The van der Waals surface area contributed by atoms with Crippen LogP contribution in [0.5, 0.6) is 11.5 Å². The summed E-state index contributed by atoms with van der Waals surface area (Å²) in [4.78, 5) is 114. The lowest BCUT2D eigenvalue weighted by atomic mass is 9.44. The SMILES string of the molecule is CC(=O)O[C@@]12CO[C@@H]1C[C@H](O)[C@@]1(C)C(=O)[C@H](O)C3=C(C)[C@@H](OC(=O)[C@H](OC(=O)N(C)CCN(C)C(=O)OC(C)c4ccc([N+](=O)[O-])c(Oc5ccc(-c6ccccc6)cc5)c4)[C@@H](NC(=O)OC(C)(C)C)c4ccccc4)C[C@@](O)([C@@H](OC(=O)c4ccccc4)[C@H]21)C3(C)C. The molecule has 0 radical (unpaired) electrons. The largest absolute Gasteiger partial charge is 0.455 e. The Balaban J connectivity index is 0.997. The van der Waals surface area contributed by atoms with E-state index in [0.717, 1.165) is 27.9 Å². The fourth-order valence-corrected chi connectivity index (χ4v) is 13.1. The molecule has 1 unspecified atom stereocenters. The van der Waals surface area contributed by atoms with E-state index in [1.165, 1.54) is 84.3 Å². The number of fused-ring (bicyclic) bond motifs is 5. The monoisotopic (exact) mass is 1280 g/mol. The van der Waals surface area contributed by atoms with Crippen LogP contribution < -0.4 is 10.1 Å². The molecule has 5 aromatic rings. The van der Waals surface area contributed by atoms with Crippen LogP contribution in [-0.2, 0) is 47.5 Å². The van der Waals surface area contributed by atoms with Crippen molar-refractivity contribution in [1.29, 1.82) is 0 Å². The zero-order valence-electron chi connectivity index (χ0n) is 53.6. The predicted octanol–water partition coefficient (Wildman–Crippen LogP) is 9.53. The molecular weight excluding hydrogens is 1200 g/mol. The van der Waals surface area contributed by atoms with Gasteiger partial charge in [-0.15, -0.1) is 0 Å². The fourth-order valence-electron chi connectivity index (χ4n) is 13.1. The van der Waals surface area contributed by atoms with Gasteiger partial charge in [-0.3, -0.25) is 19.7 Å². The Morgan fingerprint density at radius 1 is 0.796 bits per heavy atom. The lowest BCUT2D eigenvalue weighted by Gasteiger charge is -2.67. The number of hydrogen-bond acceptors (Lipinski definition) is 20. The van der Waals surface area contributed by atoms with Gasteiger partial charge < -0.3 is 68.3 Å².